The third kappa shape index (κ3) is 4.65. The molecular formula is C15H24N2O. The van der Waals surface area contributed by atoms with Gasteiger partial charge in [-0.05, 0) is 45.1 Å². The molecule has 0 radical (unpaired) electrons. The number of rotatable bonds is 5. The quantitative estimate of drug-likeness (QED) is 0.733. The van der Waals surface area contributed by atoms with Gasteiger partial charge in [0.25, 0.3) is 0 Å². The maximum atomic E-state index is 11.8. The van der Waals surface area contributed by atoms with Crippen LogP contribution >= 0.6 is 0 Å². The third-order valence-electron chi connectivity index (χ3n) is 3.70. The zero-order valence-corrected chi connectivity index (χ0v) is 11.1. The molecule has 0 saturated heterocycles. The average Bonchev–Trinajstić information content (AvgIpc) is 2.41. The molecule has 0 aromatic rings. The SMILES string of the molecule is O=C(CC1=CCCCC1)NCCC1=CCNCC1. The molecule has 18 heavy (non-hydrogen) atoms. The first kappa shape index (κ1) is 13.3. The van der Waals surface area contributed by atoms with E-state index in [0.29, 0.717) is 6.42 Å². The van der Waals surface area contributed by atoms with Crippen LogP contribution in [0.2, 0.25) is 0 Å². The van der Waals surface area contributed by atoms with Crippen LogP contribution in [0.5, 0.6) is 0 Å². The molecule has 0 fully saturated rings. The van der Waals surface area contributed by atoms with E-state index in [0.717, 1.165) is 45.3 Å². The third-order valence-corrected chi connectivity index (χ3v) is 3.70. The fourth-order valence-corrected chi connectivity index (χ4v) is 2.59. The Balaban J connectivity index is 1.62. The predicted octanol–water partition coefficient (Wildman–Crippen LogP) is 2.30. The molecule has 1 heterocycles. The highest BCUT2D eigenvalue weighted by Crippen LogP contribution is 2.19. The summed E-state index contributed by atoms with van der Waals surface area (Å²) in [4.78, 5) is 11.8. The first-order valence-electron chi connectivity index (χ1n) is 7.18. The Labute approximate surface area is 110 Å². The van der Waals surface area contributed by atoms with Gasteiger partial charge in [0.1, 0.15) is 0 Å². The summed E-state index contributed by atoms with van der Waals surface area (Å²) < 4.78 is 0. The van der Waals surface area contributed by atoms with Gasteiger partial charge in [0.2, 0.25) is 5.91 Å². The average molecular weight is 248 g/mol. The fourth-order valence-electron chi connectivity index (χ4n) is 2.59. The van der Waals surface area contributed by atoms with Crippen molar-refractivity contribution in [3.8, 4) is 0 Å². The first-order chi connectivity index (χ1) is 8.84. The second-order valence-electron chi connectivity index (χ2n) is 5.20. The molecule has 0 atom stereocenters. The summed E-state index contributed by atoms with van der Waals surface area (Å²) in [5.41, 5.74) is 2.81. The van der Waals surface area contributed by atoms with Crippen molar-refractivity contribution in [3.63, 3.8) is 0 Å². The van der Waals surface area contributed by atoms with Gasteiger partial charge in [-0.1, -0.05) is 23.3 Å². The van der Waals surface area contributed by atoms with E-state index >= 15 is 0 Å². The van der Waals surface area contributed by atoms with E-state index in [-0.39, 0.29) is 5.91 Å². The number of carbonyl (C=O) groups excluding carboxylic acids is 1. The molecule has 3 nitrogen and oxygen atoms in total. The lowest BCUT2D eigenvalue weighted by molar-refractivity contribution is -0.120. The van der Waals surface area contributed by atoms with Gasteiger partial charge in [-0.25, -0.2) is 0 Å². The summed E-state index contributed by atoms with van der Waals surface area (Å²) in [5.74, 6) is 0.192. The zero-order chi connectivity index (χ0) is 12.6. The molecule has 0 spiro atoms. The summed E-state index contributed by atoms with van der Waals surface area (Å²) >= 11 is 0. The van der Waals surface area contributed by atoms with Crippen LogP contribution < -0.4 is 10.6 Å². The maximum Gasteiger partial charge on any atom is 0.224 e. The highest BCUT2D eigenvalue weighted by atomic mass is 16.1. The smallest absolute Gasteiger partial charge is 0.224 e. The van der Waals surface area contributed by atoms with Crippen molar-refractivity contribution in [2.45, 2.75) is 44.9 Å². The summed E-state index contributed by atoms with van der Waals surface area (Å²) in [6.45, 7) is 2.85. The molecule has 1 amide bonds. The highest BCUT2D eigenvalue weighted by molar-refractivity contribution is 5.78. The van der Waals surface area contributed by atoms with Crippen LogP contribution in [0.3, 0.4) is 0 Å². The van der Waals surface area contributed by atoms with Crippen molar-refractivity contribution in [2.24, 2.45) is 0 Å². The van der Waals surface area contributed by atoms with E-state index in [2.05, 4.69) is 22.8 Å². The second kappa shape index (κ2) is 7.37. The number of hydrogen-bond acceptors (Lipinski definition) is 2. The molecule has 0 bridgehead atoms. The number of hydrogen-bond donors (Lipinski definition) is 2. The van der Waals surface area contributed by atoms with E-state index in [4.69, 9.17) is 0 Å². The minimum Gasteiger partial charge on any atom is -0.356 e. The van der Waals surface area contributed by atoms with Crippen molar-refractivity contribution < 1.29 is 4.79 Å². The number of carbonyl (C=O) groups is 1. The molecule has 2 rings (SSSR count). The van der Waals surface area contributed by atoms with Crippen molar-refractivity contribution in [1.29, 1.82) is 0 Å². The lowest BCUT2D eigenvalue weighted by Gasteiger charge is -2.15. The van der Waals surface area contributed by atoms with E-state index in [1.165, 1.54) is 24.0 Å². The van der Waals surface area contributed by atoms with Gasteiger partial charge in [0.05, 0.1) is 0 Å². The molecule has 1 aliphatic carbocycles. The Kier molecular flexibility index (Phi) is 5.46. The van der Waals surface area contributed by atoms with Crippen LogP contribution in [0.25, 0.3) is 0 Å². The van der Waals surface area contributed by atoms with Crippen molar-refractivity contribution in [2.75, 3.05) is 19.6 Å². The lowest BCUT2D eigenvalue weighted by Crippen LogP contribution is -2.26. The molecule has 3 heteroatoms. The van der Waals surface area contributed by atoms with Gasteiger partial charge in [0, 0.05) is 19.5 Å². The van der Waals surface area contributed by atoms with E-state index in [1.807, 2.05) is 0 Å². The normalized spacial score (nSPS) is 20.0. The second-order valence-corrected chi connectivity index (χ2v) is 5.20. The summed E-state index contributed by atoms with van der Waals surface area (Å²) in [6.07, 6.45) is 12.0. The van der Waals surface area contributed by atoms with E-state index < -0.39 is 0 Å². The van der Waals surface area contributed by atoms with Crippen LogP contribution in [-0.2, 0) is 4.79 Å². The zero-order valence-electron chi connectivity index (χ0n) is 11.1. The van der Waals surface area contributed by atoms with Crippen LogP contribution in [0.4, 0.5) is 0 Å². The summed E-state index contributed by atoms with van der Waals surface area (Å²) in [7, 11) is 0. The molecular weight excluding hydrogens is 224 g/mol. The van der Waals surface area contributed by atoms with Gasteiger partial charge in [-0.15, -0.1) is 0 Å². The molecule has 100 valence electrons. The molecule has 0 aromatic heterocycles. The molecule has 2 N–H and O–H groups in total. The molecule has 1 aliphatic heterocycles. The Morgan fingerprint density at radius 1 is 1.22 bits per heavy atom. The topological polar surface area (TPSA) is 41.1 Å². The summed E-state index contributed by atoms with van der Waals surface area (Å²) in [6, 6.07) is 0. The maximum absolute atomic E-state index is 11.8. The van der Waals surface area contributed by atoms with Crippen LogP contribution in [0.1, 0.15) is 44.9 Å². The van der Waals surface area contributed by atoms with Gasteiger partial charge in [0.15, 0.2) is 0 Å². The largest absolute Gasteiger partial charge is 0.356 e. The van der Waals surface area contributed by atoms with Crippen LogP contribution in [0, 0.1) is 0 Å². The van der Waals surface area contributed by atoms with E-state index in [9.17, 15) is 4.79 Å². The number of allylic oxidation sites excluding steroid dienone is 1. The minimum atomic E-state index is 0.192. The van der Waals surface area contributed by atoms with Gasteiger partial charge >= 0.3 is 0 Å². The van der Waals surface area contributed by atoms with Gasteiger partial charge in [-0.2, -0.15) is 0 Å². The van der Waals surface area contributed by atoms with Gasteiger partial charge < -0.3 is 10.6 Å². The lowest BCUT2D eigenvalue weighted by atomic mass is 9.97. The van der Waals surface area contributed by atoms with Crippen LogP contribution in [-0.4, -0.2) is 25.5 Å². The van der Waals surface area contributed by atoms with E-state index in [1.54, 1.807) is 0 Å². The Bertz CT molecular complexity index is 344. The molecule has 0 unspecified atom stereocenters. The highest BCUT2D eigenvalue weighted by Gasteiger charge is 2.09. The Hall–Kier alpha value is -1.09. The Morgan fingerprint density at radius 3 is 2.89 bits per heavy atom. The summed E-state index contributed by atoms with van der Waals surface area (Å²) in [5, 5.41) is 6.33. The minimum absolute atomic E-state index is 0.192. The monoisotopic (exact) mass is 248 g/mol. The molecule has 2 aliphatic rings. The first-order valence-corrected chi connectivity index (χ1v) is 7.18. The standard InChI is InChI=1S/C15H24N2O/c18-15(12-14-4-2-1-3-5-14)17-11-8-13-6-9-16-10-7-13/h4,6,16H,1-3,5,7-12H2,(H,17,18). The fraction of sp³-hybridized carbons (Fsp3) is 0.667. The Morgan fingerprint density at radius 2 is 2.17 bits per heavy atom. The van der Waals surface area contributed by atoms with Crippen molar-refractivity contribution in [1.82, 2.24) is 10.6 Å². The van der Waals surface area contributed by atoms with Crippen LogP contribution in [0.15, 0.2) is 23.3 Å². The number of nitrogens with one attached hydrogen (secondary N) is 2. The molecule has 0 aromatic carbocycles. The molecule has 0 saturated carbocycles. The predicted molar refractivity (Wildman–Crippen MR) is 74.4 cm³/mol. The number of amides is 1. The van der Waals surface area contributed by atoms with Gasteiger partial charge in [-0.3, -0.25) is 4.79 Å². The van der Waals surface area contributed by atoms with Crippen molar-refractivity contribution >= 4 is 5.91 Å². The van der Waals surface area contributed by atoms with Crippen molar-refractivity contribution in [3.05, 3.63) is 23.3 Å².